The molecule has 1 heterocycles. The van der Waals surface area contributed by atoms with Crippen LogP contribution in [-0.2, 0) is 4.74 Å². The van der Waals surface area contributed by atoms with Crippen molar-refractivity contribution in [2.45, 2.75) is 57.8 Å². The van der Waals surface area contributed by atoms with Gasteiger partial charge in [-0.1, -0.05) is 0 Å². The van der Waals surface area contributed by atoms with Gasteiger partial charge in [-0.25, -0.2) is 0 Å². The fourth-order valence-corrected chi connectivity index (χ4v) is 2.74. The van der Waals surface area contributed by atoms with Crippen molar-refractivity contribution in [2.24, 2.45) is 0 Å². The molecule has 0 aromatic carbocycles. The van der Waals surface area contributed by atoms with Crippen LogP contribution in [0.15, 0.2) is 0 Å². The van der Waals surface area contributed by atoms with Gasteiger partial charge in [0, 0.05) is 6.04 Å². The zero-order chi connectivity index (χ0) is 11.1. The Kier molecular flexibility index (Phi) is 6.69. The quantitative estimate of drug-likeness (QED) is 0.710. The molecule has 1 aliphatic rings. The zero-order valence-electron chi connectivity index (χ0n) is 10.3. The summed E-state index contributed by atoms with van der Waals surface area (Å²) < 4.78 is 5.72. The summed E-state index contributed by atoms with van der Waals surface area (Å²) in [5.41, 5.74) is 0. The number of thioether (sulfide) groups is 1. The summed E-state index contributed by atoms with van der Waals surface area (Å²) in [5.74, 6) is 1.29. The van der Waals surface area contributed by atoms with Crippen LogP contribution in [0.5, 0.6) is 0 Å². The summed E-state index contributed by atoms with van der Waals surface area (Å²) in [7, 11) is 0. The van der Waals surface area contributed by atoms with E-state index in [0.29, 0.717) is 18.2 Å². The Morgan fingerprint density at radius 1 is 1.20 bits per heavy atom. The highest BCUT2D eigenvalue weighted by Crippen LogP contribution is 2.18. The Morgan fingerprint density at radius 3 is 2.47 bits per heavy atom. The molecule has 1 aliphatic heterocycles. The van der Waals surface area contributed by atoms with E-state index >= 15 is 0 Å². The Morgan fingerprint density at radius 2 is 1.87 bits per heavy atom. The van der Waals surface area contributed by atoms with Crippen LogP contribution in [0.1, 0.15) is 39.5 Å². The number of ether oxygens (including phenoxy) is 1. The molecule has 0 aliphatic carbocycles. The summed E-state index contributed by atoms with van der Waals surface area (Å²) in [6.07, 6.45) is 8.02. The predicted octanol–water partition coefficient (Wildman–Crippen LogP) is 2.68. The molecule has 2 nitrogen and oxygen atoms in total. The highest BCUT2D eigenvalue weighted by Gasteiger charge is 2.23. The van der Waals surface area contributed by atoms with Gasteiger partial charge < -0.3 is 10.1 Å². The maximum atomic E-state index is 5.72. The van der Waals surface area contributed by atoms with E-state index in [-0.39, 0.29) is 0 Å². The van der Waals surface area contributed by atoms with Gasteiger partial charge in [0.05, 0.1) is 12.2 Å². The van der Waals surface area contributed by atoms with Crippen molar-refractivity contribution >= 4 is 11.8 Å². The van der Waals surface area contributed by atoms with Crippen LogP contribution in [0.25, 0.3) is 0 Å². The van der Waals surface area contributed by atoms with Gasteiger partial charge in [-0.3, -0.25) is 0 Å². The van der Waals surface area contributed by atoms with Gasteiger partial charge in [0.25, 0.3) is 0 Å². The predicted molar refractivity (Wildman–Crippen MR) is 68.6 cm³/mol. The molecular formula is C12H25NOS. The molecule has 1 saturated heterocycles. The third kappa shape index (κ3) is 5.79. The first-order valence-electron chi connectivity index (χ1n) is 6.10. The van der Waals surface area contributed by atoms with Crippen LogP contribution in [0.2, 0.25) is 0 Å². The largest absolute Gasteiger partial charge is 0.375 e. The standard InChI is InChI=1S/C12H25NOS/c1-10-8-12(9-11(2)14-10)13-6-4-5-7-15-3/h10-13H,4-9H2,1-3H3. The summed E-state index contributed by atoms with van der Waals surface area (Å²) in [5, 5.41) is 3.65. The molecule has 0 spiro atoms. The second-order valence-electron chi connectivity index (χ2n) is 4.58. The van der Waals surface area contributed by atoms with E-state index in [1.54, 1.807) is 0 Å². The van der Waals surface area contributed by atoms with Crippen molar-refractivity contribution in [1.29, 1.82) is 0 Å². The first-order chi connectivity index (χ1) is 7.22. The molecule has 0 aromatic rings. The highest BCUT2D eigenvalue weighted by molar-refractivity contribution is 7.98. The van der Waals surface area contributed by atoms with Crippen molar-refractivity contribution in [1.82, 2.24) is 5.32 Å². The maximum absolute atomic E-state index is 5.72. The van der Waals surface area contributed by atoms with Crippen molar-refractivity contribution < 1.29 is 4.74 Å². The zero-order valence-corrected chi connectivity index (χ0v) is 11.1. The Hall–Kier alpha value is 0.270. The SMILES string of the molecule is CSCCCCNC1CC(C)OC(C)C1. The molecule has 1 fully saturated rings. The maximum Gasteiger partial charge on any atom is 0.0565 e. The molecule has 15 heavy (non-hydrogen) atoms. The van der Waals surface area contributed by atoms with E-state index in [1.807, 2.05) is 11.8 Å². The van der Waals surface area contributed by atoms with Crippen LogP contribution >= 0.6 is 11.8 Å². The fourth-order valence-electron chi connectivity index (χ4n) is 2.25. The monoisotopic (exact) mass is 231 g/mol. The molecule has 2 unspecified atom stereocenters. The van der Waals surface area contributed by atoms with Gasteiger partial charge in [-0.15, -0.1) is 0 Å². The first kappa shape index (κ1) is 13.3. The molecule has 0 aromatic heterocycles. The molecule has 0 amide bonds. The smallest absolute Gasteiger partial charge is 0.0565 e. The number of hydrogen-bond donors (Lipinski definition) is 1. The lowest BCUT2D eigenvalue weighted by Crippen LogP contribution is -2.41. The van der Waals surface area contributed by atoms with E-state index in [2.05, 4.69) is 25.4 Å². The van der Waals surface area contributed by atoms with Crippen LogP contribution in [0.3, 0.4) is 0 Å². The summed E-state index contributed by atoms with van der Waals surface area (Å²) in [6, 6.07) is 0.679. The number of unbranched alkanes of at least 4 members (excludes halogenated alkanes) is 1. The molecule has 0 radical (unpaired) electrons. The molecule has 0 saturated carbocycles. The van der Waals surface area contributed by atoms with Gasteiger partial charge in [-0.05, 0) is 58.1 Å². The lowest BCUT2D eigenvalue weighted by atomic mass is 10.00. The normalized spacial score (nSPS) is 31.8. The third-order valence-electron chi connectivity index (χ3n) is 2.91. The van der Waals surface area contributed by atoms with Gasteiger partial charge in [-0.2, -0.15) is 11.8 Å². The summed E-state index contributed by atoms with van der Waals surface area (Å²) in [4.78, 5) is 0. The van der Waals surface area contributed by atoms with Gasteiger partial charge in [0.2, 0.25) is 0 Å². The number of rotatable bonds is 6. The molecule has 1 rings (SSSR count). The minimum absolute atomic E-state index is 0.428. The van der Waals surface area contributed by atoms with Crippen LogP contribution in [0, 0.1) is 0 Å². The van der Waals surface area contributed by atoms with Crippen molar-refractivity contribution in [3.8, 4) is 0 Å². The van der Waals surface area contributed by atoms with E-state index < -0.39 is 0 Å². The fraction of sp³-hybridized carbons (Fsp3) is 1.00. The molecule has 3 heteroatoms. The van der Waals surface area contributed by atoms with Gasteiger partial charge in [0.15, 0.2) is 0 Å². The van der Waals surface area contributed by atoms with Crippen LogP contribution in [-0.4, -0.2) is 36.8 Å². The summed E-state index contributed by atoms with van der Waals surface area (Å²) >= 11 is 1.94. The second kappa shape index (κ2) is 7.53. The Bertz CT molecular complexity index is 156. The lowest BCUT2D eigenvalue weighted by molar-refractivity contribution is -0.0419. The minimum Gasteiger partial charge on any atom is -0.375 e. The third-order valence-corrected chi connectivity index (χ3v) is 3.60. The van der Waals surface area contributed by atoms with Gasteiger partial charge >= 0.3 is 0 Å². The number of nitrogens with one attached hydrogen (secondary N) is 1. The number of hydrogen-bond acceptors (Lipinski definition) is 3. The second-order valence-corrected chi connectivity index (χ2v) is 5.57. The topological polar surface area (TPSA) is 21.3 Å². The summed E-state index contributed by atoms with van der Waals surface area (Å²) in [6.45, 7) is 5.53. The van der Waals surface area contributed by atoms with E-state index in [4.69, 9.17) is 4.74 Å². The average molecular weight is 231 g/mol. The Balaban J connectivity index is 2.04. The van der Waals surface area contributed by atoms with Crippen LogP contribution in [0.4, 0.5) is 0 Å². The van der Waals surface area contributed by atoms with Crippen molar-refractivity contribution in [3.63, 3.8) is 0 Å². The molecule has 1 N–H and O–H groups in total. The molecule has 90 valence electrons. The highest BCUT2D eigenvalue weighted by atomic mass is 32.2. The average Bonchev–Trinajstić information content (AvgIpc) is 2.16. The van der Waals surface area contributed by atoms with E-state index in [1.165, 1.54) is 38.0 Å². The van der Waals surface area contributed by atoms with Gasteiger partial charge in [0.1, 0.15) is 0 Å². The van der Waals surface area contributed by atoms with Crippen molar-refractivity contribution in [3.05, 3.63) is 0 Å². The minimum atomic E-state index is 0.428. The molecular weight excluding hydrogens is 206 g/mol. The Labute approximate surface area is 98.5 Å². The van der Waals surface area contributed by atoms with Crippen molar-refractivity contribution in [2.75, 3.05) is 18.6 Å². The molecule has 2 atom stereocenters. The van der Waals surface area contributed by atoms with E-state index in [9.17, 15) is 0 Å². The lowest BCUT2D eigenvalue weighted by Gasteiger charge is -2.32. The van der Waals surface area contributed by atoms with Crippen LogP contribution < -0.4 is 5.32 Å². The van der Waals surface area contributed by atoms with E-state index in [0.717, 1.165) is 0 Å². The first-order valence-corrected chi connectivity index (χ1v) is 7.49. The molecule has 0 bridgehead atoms.